The molecule has 2 aromatic rings. The van der Waals surface area contributed by atoms with Crippen LogP contribution in [-0.4, -0.2) is 20.9 Å². The van der Waals surface area contributed by atoms with Crippen molar-refractivity contribution in [2.45, 2.75) is 20.4 Å². The maximum atomic E-state index is 10.9. The molecule has 1 aromatic heterocycles. The SMILES string of the molecule is Cc1cc(NCc2cnn(C)c2C)ccc1C(=O)O. The second-order valence-corrected chi connectivity index (χ2v) is 4.57. The number of benzene rings is 1. The van der Waals surface area contributed by atoms with Gasteiger partial charge in [-0.1, -0.05) is 0 Å². The molecular formula is C14H17N3O2. The zero-order valence-electron chi connectivity index (χ0n) is 11.3. The van der Waals surface area contributed by atoms with Crippen LogP contribution in [0.15, 0.2) is 24.4 Å². The molecule has 2 N–H and O–H groups in total. The van der Waals surface area contributed by atoms with Crippen molar-refractivity contribution in [2.24, 2.45) is 7.05 Å². The van der Waals surface area contributed by atoms with Crippen molar-refractivity contribution in [3.63, 3.8) is 0 Å². The van der Waals surface area contributed by atoms with Gasteiger partial charge in [0.15, 0.2) is 0 Å². The first-order valence-corrected chi connectivity index (χ1v) is 6.04. The van der Waals surface area contributed by atoms with Crippen molar-refractivity contribution in [1.82, 2.24) is 9.78 Å². The summed E-state index contributed by atoms with van der Waals surface area (Å²) in [5, 5.41) is 16.4. The standard InChI is InChI=1S/C14H17N3O2/c1-9-6-12(4-5-13(9)14(18)19)15-7-11-8-16-17(3)10(11)2/h4-6,8,15H,7H2,1-3H3,(H,18,19). The third-order valence-corrected chi connectivity index (χ3v) is 3.28. The molecule has 100 valence electrons. The smallest absolute Gasteiger partial charge is 0.335 e. The third kappa shape index (κ3) is 2.76. The number of carbonyl (C=O) groups is 1. The Hall–Kier alpha value is -2.30. The highest BCUT2D eigenvalue weighted by Gasteiger charge is 2.08. The lowest BCUT2D eigenvalue weighted by Crippen LogP contribution is -2.04. The predicted molar refractivity (Wildman–Crippen MR) is 73.4 cm³/mol. The van der Waals surface area contributed by atoms with Crippen molar-refractivity contribution >= 4 is 11.7 Å². The van der Waals surface area contributed by atoms with E-state index >= 15 is 0 Å². The van der Waals surface area contributed by atoms with E-state index in [1.165, 1.54) is 0 Å². The fourth-order valence-corrected chi connectivity index (χ4v) is 1.93. The Morgan fingerprint density at radius 2 is 2.16 bits per heavy atom. The van der Waals surface area contributed by atoms with Gasteiger partial charge in [0.05, 0.1) is 11.8 Å². The van der Waals surface area contributed by atoms with Crippen molar-refractivity contribution < 1.29 is 9.90 Å². The van der Waals surface area contributed by atoms with Gasteiger partial charge in [-0.15, -0.1) is 0 Å². The van der Waals surface area contributed by atoms with Crippen LogP contribution in [0.4, 0.5) is 5.69 Å². The molecule has 0 aliphatic carbocycles. The van der Waals surface area contributed by atoms with Crippen molar-refractivity contribution in [2.75, 3.05) is 5.32 Å². The Morgan fingerprint density at radius 1 is 1.42 bits per heavy atom. The minimum atomic E-state index is -0.896. The second kappa shape index (κ2) is 5.14. The molecule has 5 nitrogen and oxygen atoms in total. The number of nitrogens with one attached hydrogen (secondary N) is 1. The van der Waals surface area contributed by atoms with E-state index in [2.05, 4.69) is 10.4 Å². The molecule has 0 fully saturated rings. The lowest BCUT2D eigenvalue weighted by molar-refractivity contribution is 0.0696. The summed E-state index contributed by atoms with van der Waals surface area (Å²) >= 11 is 0. The average Bonchev–Trinajstić information content (AvgIpc) is 2.67. The molecule has 0 aliphatic rings. The molecule has 0 amide bonds. The molecule has 0 atom stereocenters. The summed E-state index contributed by atoms with van der Waals surface area (Å²) in [6.45, 7) is 4.48. The molecule has 0 spiro atoms. The quantitative estimate of drug-likeness (QED) is 0.884. The van der Waals surface area contributed by atoms with E-state index < -0.39 is 5.97 Å². The Labute approximate surface area is 111 Å². The van der Waals surface area contributed by atoms with Gasteiger partial charge in [-0.05, 0) is 37.6 Å². The van der Waals surface area contributed by atoms with Gasteiger partial charge in [0.25, 0.3) is 0 Å². The summed E-state index contributed by atoms with van der Waals surface area (Å²) in [5.41, 5.74) is 4.24. The largest absolute Gasteiger partial charge is 0.478 e. The monoisotopic (exact) mass is 259 g/mol. The Bertz CT molecular complexity index is 617. The van der Waals surface area contributed by atoms with E-state index in [9.17, 15) is 4.79 Å². The lowest BCUT2D eigenvalue weighted by Gasteiger charge is -2.08. The normalized spacial score (nSPS) is 10.5. The molecule has 1 heterocycles. The summed E-state index contributed by atoms with van der Waals surface area (Å²) in [6.07, 6.45) is 1.83. The zero-order valence-corrected chi connectivity index (χ0v) is 11.3. The highest BCUT2D eigenvalue weighted by atomic mass is 16.4. The third-order valence-electron chi connectivity index (χ3n) is 3.28. The van der Waals surface area contributed by atoms with Gasteiger partial charge in [0.2, 0.25) is 0 Å². The number of hydrogen-bond donors (Lipinski definition) is 2. The number of aromatic carboxylic acids is 1. The van der Waals surface area contributed by atoms with Crippen LogP contribution in [0.2, 0.25) is 0 Å². The van der Waals surface area contributed by atoms with Gasteiger partial charge >= 0.3 is 5.97 Å². The first-order valence-electron chi connectivity index (χ1n) is 6.04. The maximum absolute atomic E-state index is 10.9. The maximum Gasteiger partial charge on any atom is 0.335 e. The molecule has 1 aromatic carbocycles. The van der Waals surface area contributed by atoms with E-state index in [-0.39, 0.29) is 0 Å². The summed E-state index contributed by atoms with van der Waals surface area (Å²) in [5.74, 6) is -0.896. The summed E-state index contributed by atoms with van der Waals surface area (Å²) in [7, 11) is 1.91. The molecule has 0 unspecified atom stereocenters. The average molecular weight is 259 g/mol. The summed E-state index contributed by atoms with van der Waals surface area (Å²) < 4.78 is 1.83. The van der Waals surface area contributed by atoms with Crippen LogP contribution in [0.1, 0.15) is 27.2 Å². The van der Waals surface area contributed by atoms with Crippen LogP contribution in [0.3, 0.4) is 0 Å². The van der Waals surface area contributed by atoms with Gasteiger partial charge in [0, 0.05) is 30.5 Å². The minimum Gasteiger partial charge on any atom is -0.478 e. The van der Waals surface area contributed by atoms with Crippen LogP contribution < -0.4 is 5.32 Å². The number of anilines is 1. The molecule has 19 heavy (non-hydrogen) atoms. The Morgan fingerprint density at radius 3 is 2.68 bits per heavy atom. The minimum absolute atomic E-state index is 0.336. The number of aryl methyl sites for hydroxylation is 2. The molecular weight excluding hydrogens is 242 g/mol. The van der Waals surface area contributed by atoms with Gasteiger partial charge in [-0.25, -0.2) is 4.79 Å². The van der Waals surface area contributed by atoms with Crippen molar-refractivity contribution in [3.05, 3.63) is 46.8 Å². The van der Waals surface area contributed by atoms with Crippen LogP contribution in [0.5, 0.6) is 0 Å². The molecule has 2 rings (SSSR count). The summed E-state index contributed by atoms with van der Waals surface area (Å²) in [6, 6.07) is 5.24. The number of carboxylic acids is 1. The highest BCUT2D eigenvalue weighted by molar-refractivity contribution is 5.89. The number of hydrogen-bond acceptors (Lipinski definition) is 3. The topological polar surface area (TPSA) is 67.2 Å². The zero-order chi connectivity index (χ0) is 14.0. The number of aromatic nitrogens is 2. The first kappa shape index (κ1) is 13.1. The van der Waals surface area contributed by atoms with E-state index in [1.54, 1.807) is 19.1 Å². The van der Waals surface area contributed by atoms with Gasteiger partial charge in [-0.2, -0.15) is 5.10 Å². The number of rotatable bonds is 4. The fourth-order valence-electron chi connectivity index (χ4n) is 1.93. The Kier molecular flexibility index (Phi) is 3.55. The van der Waals surface area contributed by atoms with Gasteiger partial charge in [-0.3, -0.25) is 4.68 Å². The van der Waals surface area contributed by atoms with Crippen molar-refractivity contribution in [3.8, 4) is 0 Å². The van der Waals surface area contributed by atoms with Gasteiger partial charge < -0.3 is 10.4 Å². The van der Waals surface area contributed by atoms with Crippen LogP contribution in [-0.2, 0) is 13.6 Å². The number of carboxylic acid groups (broad SMARTS) is 1. The van der Waals surface area contributed by atoms with E-state index in [4.69, 9.17) is 5.11 Å². The van der Waals surface area contributed by atoms with Gasteiger partial charge in [0.1, 0.15) is 0 Å². The molecule has 0 aliphatic heterocycles. The van der Waals surface area contributed by atoms with Crippen LogP contribution in [0.25, 0.3) is 0 Å². The van der Waals surface area contributed by atoms with E-state index in [0.717, 1.165) is 22.5 Å². The number of nitrogens with zero attached hydrogens (tertiary/aromatic N) is 2. The highest BCUT2D eigenvalue weighted by Crippen LogP contribution is 2.16. The van der Waals surface area contributed by atoms with E-state index in [0.29, 0.717) is 12.1 Å². The second-order valence-electron chi connectivity index (χ2n) is 4.57. The molecule has 0 saturated carbocycles. The Balaban J connectivity index is 2.10. The molecule has 0 saturated heterocycles. The fraction of sp³-hybridized carbons (Fsp3) is 0.286. The van der Waals surface area contributed by atoms with Crippen molar-refractivity contribution in [1.29, 1.82) is 0 Å². The first-order chi connectivity index (χ1) is 8.99. The van der Waals surface area contributed by atoms with E-state index in [1.807, 2.05) is 30.9 Å². The molecule has 0 bridgehead atoms. The molecule has 5 heteroatoms. The van der Waals surface area contributed by atoms with Crippen LogP contribution in [0, 0.1) is 13.8 Å². The van der Waals surface area contributed by atoms with Crippen LogP contribution >= 0.6 is 0 Å². The molecule has 0 radical (unpaired) electrons. The lowest BCUT2D eigenvalue weighted by atomic mass is 10.1. The summed E-state index contributed by atoms with van der Waals surface area (Å²) in [4.78, 5) is 10.9. The predicted octanol–water partition coefficient (Wildman–Crippen LogP) is 2.35.